The van der Waals surface area contributed by atoms with Crippen molar-refractivity contribution in [3.05, 3.63) is 65.2 Å². The summed E-state index contributed by atoms with van der Waals surface area (Å²) < 4.78 is 0. The standard InChI is InChI=1S/C15H16ClNS/c1-11(17)15(12-7-9-13(16)10-8-12)18-14-5-3-2-4-6-14/h2-11,15H,17H2,1H3. The van der Waals surface area contributed by atoms with Gasteiger partial charge >= 0.3 is 0 Å². The highest BCUT2D eigenvalue weighted by Crippen LogP contribution is 2.37. The molecule has 2 rings (SSSR count). The van der Waals surface area contributed by atoms with Crippen molar-refractivity contribution in [2.45, 2.75) is 23.1 Å². The summed E-state index contributed by atoms with van der Waals surface area (Å²) in [6, 6.07) is 18.3. The Bertz CT molecular complexity index is 482. The van der Waals surface area contributed by atoms with Crippen LogP contribution in [-0.2, 0) is 0 Å². The van der Waals surface area contributed by atoms with Gasteiger partial charge in [-0.05, 0) is 36.8 Å². The summed E-state index contributed by atoms with van der Waals surface area (Å²) >= 11 is 7.71. The number of halogens is 1. The van der Waals surface area contributed by atoms with Crippen LogP contribution >= 0.6 is 23.4 Å². The van der Waals surface area contributed by atoms with E-state index in [2.05, 4.69) is 12.1 Å². The van der Waals surface area contributed by atoms with Crippen molar-refractivity contribution in [1.29, 1.82) is 0 Å². The average Bonchev–Trinajstić information content (AvgIpc) is 2.38. The molecule has 2 atom stereocenters. The lowest BCUT2D eigenvalue weighted by molar-refractivity contribution is 0.721. The van der Waals surface area contributed by atoms with E-state index < -0.39 is 0 Å². The van der Waals surface area contributed by atoms with Gasteiger partial charge in [-0.1, -0.05) is 41.9 Å². The Morgan fingerprint density at radius 1 is 1.00 bits per heavy atom. The molecular weight excluding hydrogens is 262 g/mol. The number of hydrogen-bond donors (Lipinski definition) is 1. The number of thioether (sulfide) groups is 1. The molecule has 2 aromatic rings. The van der Waals surface area contributed by atoms with Gasteiger partial charge < -0.3 is 5.73 Å². The van der Waals surface area contributed by atoms with Gasteiger partial charge in [0.05, 0.1) is 0 Å². The number of rotatable bonds is 4. The molecule has 2 N–H and O–H groups in total. The van der Waals surface area contributed by atoms with Gasteiger partial charge in [0.15, 0.2) is 0 Å². The molecule has 94 valence electrons. The number of nitrogens with two attached hydrogens (primary N) is 1. The quantitative estimate of drug-likeness (QED) is 0.832. The van der Waals surface area contributed by atoms with Crippen LogP contribution in [0.25, 0.3) is 0 Å². The van der Waals surface area contributed by atoms with Crippen LogP contribution in [0.1, 0.15) is 17.7 Å². The van der Waals surface area contributed by atoms with Gasteiger partial charge in [-0.2, -0.15) is 0 Å². The van der Waals surface area contributed by atoms with E-state index >= 15 is 0 Å². The molecule has 18 heavy (non-hydrogen) atoms. The second-order valence-corrected chi connectivity index (χ2v) is 5.91. The maximum Gasteiger partial charge on any atom is 0.0492 e. The zero-order valence-electron chi connectivity index (χ0n) is 10.2. The first kappa shape index (κ1) is 13.5. The fourth-order valence-corrected chi connectivity index (χ4v) is 3.02. The van der Waals surface area contributed by atoms with Gasteiger partial charge in [0.25, 0.3) is 0 Å². The van der Waals surface area contributed by atoms with E-state index in [0.29, 0.717) is 0 Å². The van der Waals surface area contributed by atoms with Crippen LogP contribution in [0.15, 0.2) is 59.5 Å². The topological polar surface area (TPSA) is 26.0 Å². The Labute approximate surface area is 117 Å². The van der Waals surface area contributed by atoms with Gasteiger partial charge in [-0.25, -0.2) is 0 Å². The first-order chi connectivity index (χ1) is 8.66. The monoisotopic (exact) mass is 277 g/mol. The molecule has 0 radical (unpaired) electrons. The highest BCUT2D eigenvalue weighted by molar-refractivity contribution is 7.99. The van der Waals surface area contributed by atoms with Crippen LogP contribution in [0.4, 0.5) is 0 Å². The van der Waals surface area contributed by atoms with Crippen molar-refractivity contribution in [1.82, 2.24) is 0 Å². The third-order valence-electron chi connectivity index (χ3n) is 2.68. The van der Waals surface area contributed by atoms with Crippen LogP contribution in [0.5, 0.6) is 0 Å². The Hall–Kier alpha value is -0.960. The first-order valence-electron chi connectivity index (χ1n) is 5.89. The van der Waals surface area contributed by atoms with Crippen molar-refractivity contribution in [3.63, 3.8) is 0 Å². The van der Waals surface area contributed by atoms with Gasteiger partial charge in [0.2, 0.25) is 0 Å². The summed E-state index contributed by atoms with van der Waals surface area (Å²) in [5.74, 6) is 0. The molecule has 2 unspecified atom stereocenters. The minimum atomic E-state index is 0.0800. The summed E-state index contributed by atoms with van der Waals surface area (Å²) in [6.45, 7) is 2.04. The summed E-state index contributed by atoms with van der Waals surface area (Å²) in [7, 11) is 0. The van der Waals surface area contributed by atoms with Crippen LogP contribution in [0, 0.1) is 0 Å². The molecule has 0 bridgehead atoms. The van der Waals surface area contributed by atoms with Crippen LogP contribution < -0.4 is 5.73 Å². The molecule has 0 saturated carbocycles. The van der Waals surface area contributed by atoms with E-state index in [1.54, 1.807) is 11.8 Å². The highest BCUT2D eigenvalue weighted by atomic mass is 35.5. The van der Waals surface area contributed by atoms with Gasteiger partial charge in [-0.15, -0.1) is 11.8 Å². The van der Waals surface area contributed by atoms with Crippen molar-refractivity contribution in [3.8, 4) is 0 Å². The van der Waals surface area contributed by atoms with E-state index in [9.17, 15) is 0 Å². The Balaban J connectivity index is 2.21. The normalized spacial score (nSPS) is 14.2. The lowest BCUT2D eigenvalue weighted by Crippen LogP contribution is -2.22. The maximum atomic E-state index is 6.10. The Morgan fingerprint density at radius 2 is 1.61 bits per heavy atom. The lowest BCUT2D eigenvalue weighted by atomic mass is 10.1. The molecule has 0 amide bonds. The SMILES string of the molecule is CC(N)C(Sc1ccccc1)c1ccc(Cl)cc1. The zero-order valence-corrected chi connectivity index (χ0v) is 11.8. The first-order valence-corrected chi connectivity index (χ1v) is 7.15. The van der Waals surface area contributed by atoms with E-state index in [1.165, 1.54) is 10.5 Å². The van der Waals surface area contributed by atoms with Gasteiger partial charge in [0.1, 0.15) is 0 Å². The minimum Gasteiger partial charge on any atom is -0.327 e. The number of benzene rings is 2. The largest absolute Gasteiger partial charge is 0.327 e. The summed E-state index contributed by atoms with van der Waals surface area (Å²) in [5.41, 5.74) is 7.31. The second kappa shape index (κ2) is 6.28. The molecule has 0 saturated heterocycles. The van der Waals surface area contributed by atoms with Crippen molar-refractivity contribution < 1.29 is 0 Å². The molecule has 0 spiro atoms. The van der Waals surface area contributed by atoms with Gasteiger partial charge in [-0.3, -0.25) is 0 Å². The molecule has 0 aliphatic rings. The molecule has 0 heterocycles. The third kappa shape index (κ3) is 3.52. The summed E-state index contributed by atoms with van der Waals surface area (Å²) in [6.07, 6.45) is 0. The third-order valence-corrected chi connectivity index (χ3v) is 4.43. The van der Waals surface area contributed by atoms with Crippen LogP contribution in [0.3, 0.4) is 0 Å². The highest BCUT2D eigenvalue weighted by Gasteiger charge is 2.17. The molecule has 2 aromatic carbocycles. The molecule has 0 aliphatic heterocycles. The predicted octanol–water partition coefficient (Wildman–Crippen LogP) is 4.52. The van der Waals surface area contributed by atoms with Crippen LogP contribution in [0.2, 0.25) is 5.02 Å². The van der Waals surface area contributed by atoms with E-state index in [0.717, 1.165) is 5.02 Å². The summed E-state index contributed by atoms with van der Waals surface area (Å²) in [5, 5.41) is 0.997. The van der Waals surface area contributed by atoms with E-state index in [4.69, 9.17) is 17.3 Å². The molecule has 0 aliphatic carbocycles. The number of hydrogen-bond acceptors (Lipinski definition) is 2. The molecule has 3 heteroatoms. The Kier molecular flexibility index (Phi) is 4.70. The average molecular weight is 278 g/mol. The maximum absolute atomic E-state index is 6.10. The zero-order chi connectivity index (χ0) is 13.0. The molecule has 0 aromatic heterocycles. The van der Waals surface area contributed by atoms with Crippen molar-refractivity contribution in [2.75, 3.05) is 0 Å². The van der Waals surface area contributed by atoms with Gasteiger partial charge in [0, 0.05) is 21.2 Å². The van der Waals surface area contributed by atoms with E-state index in [-0.39, 0.29) is 11.3 Å². The predicted molar refractivity (Wildman–Crippen MR) is 80.1 cm³/mol. The smallest absolute Gasteiger partial charge is 0.0492 e. The fourth-order valence-electron chi connectivity index (χ4n) is 1.78. The lowest BCUT2D eigenvalue weighted by Gasteiger charge is -2.21. The summed E-state index contributed by atoms with van der Waals surface area (Å²) in [4.78, 5) is 1.23. The van der Waals surface area contributed by atoms with Crippen LogP contribution in [-0.4, -0.2) is 6.04 Å². The van der Waals surface area contributed by atoms with E-state index in [1.807, 2.05) is 49.4 Å². The molecule has 1 nitrogen and oxygen atoms in total. The fraction of sp³-hybridized carbons (Fsp3) is 0.200. The minimum absolute atomic E-state index is 0.0800. The Morgan fingerprint density at radius 3 is 2.17 bits per heavy atom. The second-order valence-electron chi connectivity index (χ2n) is 4.26. The molecular formula is C15H16ClNS. The van der Waals surface area contributed by atoms with Crippen molar-refractivity contribution in [2.24, 2.45) is 5.73 Å². The molecule has 0 fully saturated rings. The van der Waals surface area contributed by atoms with Crippen molar-refractivity contribution >= 4 is 23.4 Å².